The van der Waals surface area contributed by atoms with Gasteiger partial charge in [0.05, 0.1) is 21.7 Å². The van der Waals surface area contributed by atoms with Crippen LogP contribution in [0.15, 0.2) is 140 Å². The summed E-state index contributed by atoms with van der Waals surface area (Å²) in [5.74, 6) is -2.18. The summed E-state index contributed by atoms with van der Waals surface area (Å²) in [5, 5.41) is 5.98. The van der Waals surface area contributed by atoms with Crippen LogP contribution in [-0.4, -0.2) is 167 Å². The van der Waals surface area contributed by atoms with Crippen LogP contribution in [0, 0.1) is 5.41 Å². The Morgan fingerprint density at radius 3 is 2.13 bits per heavy atom. The van der Waals surface area contributed by atoms with Gasteiger partial charge in [-0.25, -0.2) is 21.6 Å². The summed E-state index contributed by atoms with van der Waals surface area (Å²) in [5.41, 5.74) is -0.660. The molecule has 5 aliphatic rings. The summed E-state index contributed by atoms with van der Waals surface area (Å²) in [7, 11) is -11.0. The topological polar surface area (TPSA) is 206 Å². The maximum Gasteiger partial charge on any atom is 0.501 e. The molecule has 2 atom stereocenters. The Morgan fingerprint density at radius 1 is 0.756 bits per heavy atom. The Kier molecular flexibility index (Phi) is 21.3. The van der Waals surface area contributed by atoms with Crippen molar-refractivity contribution in [3.05, 3.63) is 148 Å². The second-order valence-corrected chi connectivity index (χ2v) is 30.5. The Labute approximate surface area is 537 Å². The molecule has 17 nitrogen and oxygen atoms in total. The average molecular weight is 1330 g/mol. The molecule has 0 saturated carbocycles. The number of rotatable bonds is 24. The van der Waals surface area contributed by atoms with E-state index in [1.165, 1.54) is 52.4 Å². The molecule has 1 aliphatic carbocycles. The van der Waals surface area contributed by atoms with Gasteiger partial charge in [-0.05, 0) is 153 Å². The van der Waals surface area contributed by atoms with Crippen molar-refractivity contribution >= 4 is 101 Å². The molecule has 10 rings (SSSR count). The minimum Gasteiger partial charge on any atom is -0.380 e. The minimum atomic E-state index is -6.13. The van der Waals surface area contributed by atoms with Crippen LogP contribution in [0.25, 0.3) is 5.57 Å². The van der Waals surface area contributed by atoms with Crippen molar-refractivity contribution in [2.75, 3.05) is 93.7 Å². The first-order valence-electron chi connectivity index (χ1n) is 30.4. The highest BCUT2D eigenvalue weighted by atomic mass is 35.5. The molecule has 4 heterocycles. The highest BCUT2D eigenvalue weighted by Gasteiger charge is 2.49. The number of thioether (sulfide) groups is 2. The van der Waals surface area contributed by atoms with Crippen LogP contribution in [0.2, 0.25) is 5.02 Å². The van der Waals surface area contributed by atoms with Gasteiger partial charge in [-0.3, -0.25) is 39.1 Å². The van der Waals surface area contributed by atoms with Crippen LogP contribution >= 0.6 is 35.1 Å². The Balaban J connectivity index is 0.718. The number of hydrogen-bond donors (Lipinski definition) is 3. The van der Waals surface area contributed by atoms with Gasteiger partial charge < -0.3 is 20.0 Å². The third-order valence-corrected chi connectivity index (χ3v) is 22.8. The lowest BCUT2D eigenvalue weighted by atomic mass is 9.73. The number of carbonyl (C=O) groups excluding carboxylic acids is 5. The van der Waals surface area contributed by atoms with E-state index in [9.17, 15) is 54.0 Å². The molecule has 3 fully saturated rings. The quantitative estimate of drug-likeness (QED) is 0.0298. The molecular weight excluding hydrogens is 1260 g/mol. The van der Waals surface area contributed by atoms with Gasteiger partial charge >= 0.3 is 5.51 Å². The lowest BCUT2D eigenvalue weighted by Crippen LogP contribution is -2.54. The number of unbranched alkanes of at least 4 members (excludes halogenated alkanes) is 2. The first kappa shape index (κ1) is 66.7. The molecular formula is C65H74ClF3N8O9S4. The third-order valence-electron chi connectivity index (χ3n) is 17.3. The average Bonchev–Trinajstić information content (AvgIpc) is 1.53. The van der Waals surface area contributed by atoms with E-state index in [1.807, 2.05) is 47.2 Å². The van der Waals surface area contributed by atoms with E-state index >= 15 is 0 Å². The van der Waals surface area contributed by atoms with E-state index in [4.69, 9.17) is 11.6 Å². The highest BCUT2D eigenvalue weighted by molar-refractivity contribution is 7.99. The summed E-state index contributed by atoms with van der Waals surface area (Å²) in [6.45, 7) is 12.9. The molecule has 0 aromatic heterocycles. The van der Waals surface area contributed by atoms with Crippen molar-refractivity contribution in [3.8, 4) is 0 Å². The number of allylic oxidation sites excluding steroid dienone is 1. The molecule has 0 radical (unpaired) electrons. The summed E-state index contributed by atoms with van der Waals surface area (Å²) < 4.78 is 99.9. The number of amides is 5. The molecule has 480 valence electrons. The van der Waals surface area contributed by atoms with Gasteiger partial charge in [0.2, 0.25) is 11.8 Å². The van der Waals surface area contributed by atoms with Gasteiger partial charge in [-0.2, -0.15) is 13.2 Å². The fourth-order valence-corrected chi connectivity index (χ4v) is 16.5. The number of alkyl halides is 3. The Hall–Kier alpha value is -6.25. The first-order valence-corrected chi connectivity index (χ1v) is 35.7. The molecule has 4 aliphatic heterocycles. The fraction of sp³-hybridized carbons (Fsp3) is 0.431. The number of carbonyl (C=O) groups is 5. The summed E-state index contributed by atoms with van der Waals surface area (Å²) >= 11 is 9.14. The number of fused-ring (bicyclic) bond motifs is 1. The molecule has 3 saturated heterocycles. The lowest BCUT2D eigenvalue weighted by molar-refractivity contribution is -0.136. The number of piperidine rings is 1. The van der Waals surface area contributed by atoms with Gasteiger partial charge in [0, 0.05) is 110 Å². The van der Waals surface area contributed by atoms with Gasteiger partial charge in [0.1, 0.15) is 10.9 Å². The summed E-state index contributed by atoms with van der Waals surface area (Å²) in [4.78, 5) is 74.3. The third kappa shape index (κ3) is 16.1. The van der Waals surface area contributed by atoms with Crippen LogP contribution in [-0.2, 0) is 29.4 Å². The molecule has 5 amide bonds. The SMILES string of the molecule is CC1(C)CCC(c2ccc(Cl)cc2)=C(CN2CCN(c3ccc(C(=O)NS(=O)(=O)c4ccc(N[C@H](CCN5CCN(CCCCCSc6cccc7c6C(=O)N(C6CCC(=O)NC6=O)C7=O)CC5)CSc5ccccc5)c(S(=O)(=O)C(F)(F)F)c4)cc3)CC2)C1. The maximum absolute atomic E-state index is 14.5. The van der Waals surface area contributed by atoms with E-state index in [-0.39, 0.29) is 34.9 Å². The number of sulfone groups is 1. The van der Waals surface area contributed by atoms with Crippen molar-refractivity contribution in [1.29, 1.82) is 0 Å². The smallest absolute Gasteiger partial charge is 0.380 e. The maximum atomic E-state index is 14.5. The molecule has 1 unspecified atom stereocenters. The van der Waals surface area contributed by atoms with E-state index in [0.29, 0.717) is 53.5 Å². The zero-order valence-electron chi connectivity index (χ0n) is 50.2. The Morgan fingerprint density at radius 2 is 1.44 bits per heavy atom. The normalized spacial score (nSPS) is 19.2. The van der Waals surface area contributed by atoms with E-state index in [2.05, 4.69) is 56.2 Å². The summed E-state index contributed by atoms with van der Waals surface area (Å²) in [6, 6.07) is 29.7. The number of nitrogens with one attached hydrogen (secondary N) is 3. The summed E-state index contributed by atoms with van der Waals surface area (Å²) in [6.07, 6.45) is 6.32. The molecule has 0 spiro atoms. The number of nitrogens with zero attached hydrogens (tertiary/aromatic N) is 5. The van der Waals surface area contributed by atoms with Crippen molar-refractivity contribution in [2.45, 2.75) is 109 Å². The second-order valence-electron chi connectivity index (χ2n) is 24.3. The molecule has 3 N–H and O–H groups in total. The first-order chi connectivity index (χ1) is 42.9. The number of sulfonamides is 1. The lowest BCUT2D eigenvalue weighted by Gasteiger charge is -2.39. The predicted molar refractivity (Wildman–Crippen MR) is 345 cm³/mol. The highest BCUT2D eigenvalue weighted by Crippen LogP contribution is 2.44. The van der Waals surface area contributed by atoms with Crippen molar-refractivity contribution < 1.29 is 54.0 Å². The fourth-order valence-electron chi connectivity index (χ4n) is 12.3. The van der Waals surface area contributed by atoms with E-state index < -0.39 is 82.5 Å². The zero-order chi connectivity index (χ0) is 64.0. The van der Waals surface area contributed by atoms with Crippen molar-refractivity contribution in [2.24, 2.45) is 5.41 Å². The van der Waals surface area contributed by atoms with Crippen molar-refractivity contribution in [3.63, 3.8) is 0 Å². The molecule has 0 bridgehead atoms. The zero-order valence-corrected chi connectivity index (χ0v) is 54.3. The number of imide groups is 2. The van der Waals surface area contributed by atoms with Crippen LogP contribution in [0.5, 0.6) is 0 Å². The monoisotopic (exact) mass is 1330 g/mol. The van der Waals surface area contributed by atoms with Crippen LogP contribution in [0.1, 0.15) is 108 Å². The number of anilines is 2. The molecule has 5 aromatic rings. The van der Waals surface area contributed by atoms with Gasteiger partial charge in [-0.15, -0.1) is 23.5 Å². The Bertz CT molecular complexity index is 3730. The van der Waals surface area contributed by atoms with Crippen molar-refractivity contribution in [1.82, 2.24) is 29.6 Å². The van der Waals surface area contributed by atoms with Crippen LogP contribution in [0.4, 0.5) is 24.5 Å². The predicted octanol–water partition coefficient (Wildman–Crippen LogP) is 10.5. The van der Waals surface area contributed by atoms with E-state index in [1.54, 1.807) is 30.3 Å². The van der Waals surface area contributed by atoms with Crippen LogP contribution < -0.4 is 20.3 Å². The largest absolute Gasteiger partial charge is 0.501 e. The van der Waals surface area contributed by atoms with Gasteiger partial charge in [-0.1, -0.05) is 73.8 Å². The second kappa shape index (κ2) is 28.7. The molecule has 25 heteroatoms. The number of halogens is 4. The number of benzene rings is 5. The number of piperazine rings is 2. The minimum absolute atomic E-state index is 0.0233. The molecule has 90 heavy (non-hydrogen) atoms. The van der Waals surface area contributed by atoms with Gasteiger partial charge in [0.15, 0.2) is 0 Å². The van der Waals surface area contributed by atoms with Gasteiger partial charge in [0.25, 0.3) is 37.6 Å². The number of hydrogen-bond acceptors (Lipinski definition) is 16. The standard InChI is InChI=1S/C65H74ClF3N8O9S4/c1-64(2)28-26-52(44-14-18-47(66)19-15-44)46(41-64)42-75-35-37-76(38-36-75)49-20-16-45(17-21-49)60(79)72-90(85,86)51-22-23-54(57(40-51)89(83,84)65(67,68)69)70-48(43-88-50-10-5-3-6-11-50)27-30-74-33-31-73(32-34-74)29-7-4-8-39-87-56-13-9-12-53-59(56)63(82)77(62(53)81)55-24-25-58(78)71-61(55)80/h3,5-6,9-23,40,48,55,70H,4,7-8,24-39,41-43H2,1-2H3,(H,72,79)(H,71,78,80)/t48-,55?/m1/s1. The van der Waals surface area contributed by atoms with Crippen LogP contribution in [0.3, 0.4) is 0 Å². The molecule has 5 aromatic carbocycles. The van der Waals surface area contributed by atoms with E-state index in [0.717, 1.165) is 118 Å².